The molecule has 0 aliphatic carbocycles. The minimum Gasteiger partial charge on any atom is -0.487 e. The first kappa shape index (κ1) is 14.0. The van der Waals surface area contributed by atoms with E-state index in [0.29, 0.717) is 6.61 Å². The standard InChI is InChI=1S/C15H17BrN2O/c1-10-4-3-5-13(18-10)9-19-15-7-6-12(16)8-14(15)11(2)17/h3-8,11H,9,17H2,1-2H3. The fourth-order valence-electron chi connectivity index (χ4n) is 1.84. The van der Waals surface area contributed by atoms with Crippen LogP contribution in [0.5, 0.6) is 5.75 Å². The van der Waals surface area contributed by atoms with Gasteiger partial charge in [0.15, 0.2) is 0 Å². The zero-order valence-corrected chi connectivity index (χ0v) is 12.6. The van der Waals surface area contributed by atoms with E-state index in [9.17, 15) is 0 Å². The molecule has 0 bridgehead atoms. The number of ether oxygens (including phenoxy) is 1. The molecule has 0 fully saturated rings. The van der Waals surface area contributed by atoms with Gasteiger partial charge in [0.1, 0.15) is 12.4 Å². The van der Waals surface area contributed by atoms with Crippen LogP contribution in [0.25, 0.3) is 0 Å². The van der Waals surface area contributed by atoms with Crippen LogP contribution in [0.2, 0.25) is 0 Å². The second-order valence-corrected chi connectivity index (χ2v) is 5.45. The van der Waals surface area contributed by atoms with Gasteiger partial charge >= 0.3 is 0 Å². The van der Waals surface area contributed by atoms with Gasteiger partial charge in [-0.3, -0.25) is 4.98 Å². The maximum Gasteiger partial charge on any atom is 0.130 e. The third kappa shape index (κ3) is 3.78. The Balaban J connectivity index is 2.15. The van der Waals surface area contributed by atoms with Gasteiger partial charge in [-0.15, -0.1) is 0 Å². The minimum absolute atomic E-state index is 0.0713. The van der Waals surface area contributed by atoms with Gasteiger partial charge in [0.25, 0.3) is 0 Å². The fraction of sp³-hybridized carbons (Fsp3) is 0.267. The molecule has 0 aliphatic rings. The number of hydrogen-bond donors (Lipinski definition) is 1. The van der Waals surface area contributed by atoms with Gasteiger partial charge in [-0.25, -0.2) is 0 Å². The third-order valence-electron chi connectivity index (χ3n) is 2.78. The van der Waals surface area contributed by atoms with Gasteiger partial charge in [0.05, 0.1) is 5.69 Å². The predicted octanol–water partition coefficient (Wildman–Crippen LogP) is 3.75. The van der Waals surface area contributed by atoms with Crippen LogP contribution < -0.4 is 10.5 Å². The van der Waals surface area contributed by atoms with Crippen molar-refractivity contribution < 1.29 is 4.74 Å². The minimum atomic E-state index is -0.0713. The Morgan fingerprint density at radius 3 is 2.79 bits per heavy atom. The number of nitrogens with zero attached hydrogens (tertiary/aromatic N) is 1. The predicted molar refractivity (Wildman–Crippen MR) is 80.1 cm³/mol. The van der Waals surface area contributed by atoms with E-state index in [4.69, 9.17) is 10.5 Å². The first-order valence-electron chi connectivity index (χ1n) is 6.16. The molecule has 4 heteroatoms. The maximum absolute atomic E-state index is 5.96. The molecule has 1 aromatic carbocycles. The van der Waals surface area contributed by atoms with Crippen LogP contribution in [-0.2, 0) is 6.61 Å². The van der Waals surface area contributed by atoms with Crippen molar-refractivity contribution in [3.63, 3.8) is 0 Å². The second kappa shape index (κ2) is 6.17. The average Bonchev–Trinajstić information content (AvgIpc) is 2.37. The zero-order chi connectivity index (χ0) is 13.8. The quantitative estimate of drug-likeness (QED) is 0.933. The summed E-state index contributed by atoms with van der Waals surface area (Å²) in [7, 11) is 0. The van der Waals surface area contributed by atoms with Crippen molar-refractivity contribution in [1.29, 1.82) is 0 Å². The highest BCUT2D eigenvalue weighted by Gasteiger charge is 2.09. The van der Waals surface area contributed by atoms with E-state index in [2.05, 4.69) is 20.9 Å². The van der Waals surface area contributed by atoms with Gasteiger partial charge in [-0.1, -0.05) is 22.0 Å². The molecule has 2 aromatic rings. The molecule has 0 spiro atoms. The van der Waals surface area contributed by atoms with Crippen LogP contribution in [0.4, 0.5) is 0 Å². The third-order valence-corrected chi connectivity index (χ3v) is 3.28. The summed E-state index contributed by atoms with van der Waals surface area (Å²) >= 11 is 3.45. The van der Waals surface area contributed by atoms with Crippen LogP contribution >= 0.6 is 15.9 Å². The topological polar surface area (TPSA) is 48.1 Å². The maximum atomic E-state index is 5.96. The molecule has 0 saturated heterocycles. The van der Waals surface area contributed by atoms with Crippen LogP contribution in [0, 0.1) is 6.92 Å². The van der Waals surface area contributed by atoms with Crippen LogP contribution in [-0.4, -0.2) is 4.98 Å². The zero-order valence-electron chi connectivity index (χ0n) is 11.1. The van der Waals surface area contributed by atoms with Crippen molar-refractivity contribution in [3.8, 4) is 5.75 Å². The number of pyridine rings is 1. The summed E-state index contributed by atoms with van der Waals surface area (Å²) in [4.78, 5) is 4.41. The van der Waals surface area contributed by atoms with Crippen molar-refractivity contribution >= 4 is 15.9 Å². The smallest absolute Gasteiger partial charge is 0.130 e. The highest BCUT2D eigenvalue weighted by atomic mass is 79.9. The Kier molecular flexibility index (Phi) is 4.56. The first-order chi connectivity index (χ1) is 9.06. The van der Waals surface area contributed by atoms with E-state index < -0.39 is 0 Å². The lowest BCUT2D eigenvalue weighted by Gasteiger charge is -2.14. The molecular weight excluding hydrogens is 304 g/mol. The van der Waals surface area contributed by atoms with E-state index in [0.717, 1.165) is 27.2 Å². The monoisotopic (exact) mass is 320 g/mol. The number of benzene rings is 1. The summed E-state index contributed by atoms with van der Waals surface area (Å²) in [6.45, 7) is 4.36. The molecule has 2 N–H and O–H groups in total. The molecule has 0 radical (unpaired) electrons. The molecular formula is C15H17BrN2O. The van der Waals surface area contributed by atoms with E-state index in [1.165, 1.54) is 0 Å². The normalized spacial score (nSPS) is 12.2. The molecule has 1 aromatic heterocycles. The van der Waals surface area contributed by atoms with Gasteiger partial charge in [0, 0.05) is 21.8 Å². The number of hydrogen-bond acceptors (Lipinski definition) is 3. The van der Waals surface area contributed by atoms with E-state index in [1.54, 1.807) is 0 Å². The van der Waals surface area contributed by atoms with E-state index in [1.807, 2.05) is 50.2 Å². The molecule has 1 atom stereocenters. The molecule has 19 heavy (non-hydrogen) atoms. The van der Waals surface area contributed by atoms with E-state index in [-0.39, 0.29) is 6.04 Å². The van der Waals surface area contributed by atoms with Crippen LogP contribution in [0.15, 0.2) is 40.9 Å². The summed E-state index contributed by atoms with van der Waals surface area (Å²) in [6.07, 6.45) is 0. The average molecular weight is 321 g/mol. The SMILES string of the molecule is Cc1cccc(COc2ccc(Br)cc2C(C)N)n1. The van der Waals surface area contributed by atoms with Crippen LogP contribution in [0.1, 0.15) is 29.9 Å². The molecule has 3 nitrogen and oxygen atoms in total. The number of aromatic nitrogens is 1. The lowest BCUT2D eigenvalue weighted by Crippen LogP contribution is -2.08. The largest absolute Gasteiger partial charge is 0.487 e. The van der Waals surface area contributed by atoms with Crippen LogP contribution in [0.3, 0.4) is 0 Å². The van der Waals surface area contributed by atoms with Crippen molar-refractivity contribution in [2.24, 2.45) is 5.73 Å². The Bertz CT molecular complexity index is 570. The number of rotatable bonds is 4. The summed E-state index contributed by atoms with van der Waals surface area (Å²) in [5.41, 5.74) is 8.85. The lowest BCUT2D eigenvalue weighted by atomic mass is 10.1. The fourth-order valence-corrected chi connectivity index (χ4v) is 2.22. The highest BCUT2D eigenvalue weighted by Crippen LogP contribution is 2.28. The summed E-state index contributed by atoms with van der Waals surface area (Å²) < 4.78 is 6.83. The molecule has 0 amide bonds. The summed E-state index contributed by atoms with van der Waals surface area (Å²) in [5, 5.41) is 0. The van der Waals surface area contributed by atoms with Gasteiger partial charge in [-0.2, -0.15) is 0 Å². The lowest BCUT2D eigenvalue weighted by molar-refractivity contribution is 0.296. The Hall–Kier alpha value is -1.39. The van der Waals surface area contributed by atoms with Crippen molar-refractivity contribution in [2.45, 2.75) is 26.5 Å². The highest BCUT2D eigenvalue weighted by molar-refractivity contribution is 9.10. The molecule has 0 saturated carbocycles. The Morgan fingerprint density at radius 2 is 2.11 bits per heavy atom. The molecule has 100 valence electrons. The van der Waals surface area contributed by atoms with Crippen molar-refractivity contribution in [3.05, 3.63) is 57.8 Å². The van der Waals surface area contributed by atoms with Crippen molar-refractivity contribution in [1.82, 2.24) is 4.98 Å². The van der Waals surface area contributed by atoms with Gasteiger partial charge < -0.3 is 10.5 Å². The Morgan fingerprint density at radius 1 is 1.32 bits per heavy atom. The van der Waals surface area contributed by atoms with Gasteiger partial charge in [-0.05, 0) is 44.2 Å². The van der Waals surface area contributed by atoms with Crippen molar-refractivity contribution in [2.75, 3.05) is 0 Å². The summed E-state index contributed by atoms with van der Waals surface area (Å²) in [5.74, 6) is 0.807. The molecule has 1 unspecified atom stereocenters. The Labute approximate surface area is 121 Å². The number of halogens is 1. The van der Waals surface area contributed by atoms with E-state index >= 15 is 0 Å². The molecule has 0 aliphatic heterocycles. The molecule has 1 heterocycles. The summed E-state index contributed by atoms with van der Waals surface area (Å²) in [6, 6.07) is 11.7. The first-order valence-corrected chi connectivity index (χ1v) is 6.96. The van der Waals surface area contributed by atoms with Gasteiger partial charge in [0.2, 0.25) is 0 Å². The second-order valence-electron chi connectivity index (χ2n) is 4.53. The molecule has 2 rings (SSSR count). The number of nitrogens with two attached hydrogens (primary N) is 1. The number of aryl methyl sites for hydroxylation is 1.